The molecule has 8 heteroatoms. The number of anilines is 1. The quantitative estimate of drug-likeness (QED) is 0.545. The number of hydrogen-bond donors (Lipinski definition) is 2. The van der Waals surface area contributed by atoms with Gasteiger partial charge in [0.05, 0.1) is 6.61 Å². The van der Waals surface area contributed by atoms with E-state index >= 15 is 0 Å². The number of hydrogen-bond acceptors (Lipinski definition) is 8. The number of para-hydroxylation sites is 1. The number of fused-ring (bicyclic) bond motifs is 2. The van der Waals surface area contributed by atoms with Crippen LogP contribution in [-0.4, -0.2) is 24.5 Å². The van der Waals surface area contributed by atoms with E-state index in [1.54, 1.807) is 31.2 Å². The molecule has 0 saturated heterocycles. The van der Waals surface area contributed by atoms with Crippen LogP contribution in [0.5, 0.6) is 0 Å². The molecular formula is C24H22N2O6. The number of nitrogens with two attached hydrogens (primary N) is 1. The van der Waals surface area contributed by atoms with Gasteiger partial charge in [-0.15, -0.1) is 0 Å². The SMILES string of the molecule is CCOC(=O)C1=C(N)Nc2ccccc2[C@]12C(=O)OC(C)=C2C(=O)OCc1ccccc1. The minimum atomic E-state index is -1.91. The molecule has 32 heavy (non-hydrogen) atoms. The molecule has 4 rings (SSSR count). The zero-order valence-corrected chi connectivity index (χ0v) is 17.6. The van der Waals surface area contributed by atoms with Crippen molar-refractivity contribution in [3.63, 3.8) is 0 Å². The normalized spacial score (nSPS) is 19.4. The van der Waals surface area contributed by atoms with Crippen LogP contribution in [0.25, 0.3) is 0 Å². The summed E-state index contributed by atoms with van der Waals surface area (Å²) in [6.45, 7) is 3.15. The van der Waals surface area contributed by atoms with Gasteiger partial charge in [0.2, 0.25) is 0 Å². The molecule has 2 aliphatic rings. The lowest BCUT2D eigenvalue weighted by molar-refractivity contribution is -0.147. The van der Waals surface area contributed by atoms with Crippen molar-refractivity contribution in [3.8, 4) is 0 Å². The molecule has 0 fully saturated rings. The summed E-state index contributed by atoms with van der Waals surface area (Å²) in [5.41, 5.74) is 5.58. The molecule has 0 unspecified atom stereocenters. The van der Waals surface area contributed by atoms with E-state index in [2.05, 4.69) is 5.32 Å². The number of cyclic esters (lactones) is 1. The Bertz CT molecular complexity index is 1170. The van der Waals surface area contributed by atoms with Crippen LogP contribution in [0, 0.1) is 0 Å². The first-order valence-electron chi connectivity index (χ1n) is 10.1. The molecule has 1 atom stereocenters. The topological polar surface area (TPSA) is 117 Å². The predicted octanol–water partition coefficient (Wildman–Crippen LogP) is 2.66. The molecule has 0 aromatic heterocycles. The Morgan fingerprint density at radius 3 is 2.38 bits per heavy atom. The standard InChI is InChI=1S/C24H22N2O6/c1-3-30-22(28)19-20(25)26-17-12-8-7-11-16(17)24(19)18(14(2)32-23(24)29)21(27)31-13-15-9-5-4-6-10-15/h4-12,26H,3,13,25H2,1-2H3/t24-/m1/s1. The van der Waals surface area contributed by atoms with E-state index in [1.165, 1.54) is 6.92 Å². The van der Waals surface area contributed by atoms with Crippen molar-refractivity contribution in [2.45, 2.75) is 25.9 Å². The number of ether oxygens (including phenoxy) is 3. The van der Waals surface area contributed by atoms with Crippen LogP contribution in [0.3, 0.4) is 0 Å². The maximum Gasteiger partial charge on any atom is 0.339 e. The largest absolute Gasteiger partial charge is 0.462 e. The third kappa shape index (κ3) is 3.20. The second-order valence-corrected chi connectivity index (χ2v) is 7.31. The number of nitrogens with one attached hydrogen (secondary N) is 1. The van der Waals surface area contributed by atoms with Gasteiger partial charge in [-0.05, 0) is 25.5 Å². The van der Waals surface area contributed by atoms with Gasteiger partial charge < -0.3 is 25.3 Å². The summed E-state index contributed by atoms with van der Waals surface area (Å²) < 4.78 is 16.1. The highest BCUT2D eigenvalue weighted by Gasteiger charge is 2.62. The smallest absolute Gasteiger partial charge is 0.339 e. The van der Waals surface area contributed by atoms with Crippen molar-refractivity contribution in [3.05, 3.63) is 88.5 Å². The summed E-state index contributed by atoms with van der Waals surface area (Å²) in [5.74, 6) is -2.49. The van der Waals surface area contributed by atoms with E-state index in [-0.39, 0.29) is 35.9 Å². The van der Waals surface area contributed by atoms with Gasteiger partial charge in [-0.3, -0.25) is 0 Å². The fraction of sp³-hybridized carbons (Fsp3) is 0.208. The van der Waals surface area contributed by atoms with Crippen molar-refractivity contribution in [1.29, 1.82) is 0 Å². The van der Waals surface area contributed by atoms with Gasteiger partial charge in [-0.1, -0.05) is 48.5 Å². The number of carbonyl (C=O) groups is 3. The van der Waals surface area contributed by atoms with E-state index in [9.17, 15) is 14.4 Å². The highest BCUT2D eigenvalue weighted by atomic mass is 16.6. The van der Waals surface area contributed by atoms with Crippen molar-refractivity contribution in [2.75, 3.05) is 11.9 Å². The molecule has 2 heterocycles. The Morgan fingerprint density at radius 2 is 1.66 bits per heavy atom. The Kier molecular flexibility index (Phi) is 5.44. The second kappa shape index (κ2) is 8.22. The van der Waals surface area contributed by atoms with Gasteiger partial charge >= 0.3 is 17.9 Å². The first-order chi connectivity index (χ1) is 15.4. The highest BCUT2D eigenvalue weighted by Crippen LogP contribution is 2.52. The molecule has 2 aliphatic heterocycles. The van der Waals surface area contributed by atoms with E-state index in [4.69, 9.17) is 19.9 Å². The summed E-state index contributed by atoms with van der Waals surface area (Å²) in [6.07, 6.45) is 0. The molecule has 2 aromatic rings. The highest BCUT2D eigenvalue weighted by molar-refractivity contribution is 6.15. The number of rotatable bonds is 5. The van der Waals surface area contributed by atoms with Crippen LogP contribution in [0.1, 0.15) is 25.0 Å². The number of esters is 3. The Morgan fingerprint density at radius 1 is 1.00 bits per heavy atom. The zero-order chi connectivity index (χ0) is 22.9. The van der Waals surface area contributed by atoms with Crippen molar-refractivity contribution >= 4 is 23.6 Å². The summed E-state index contributed by atoms with van der Waals surface area (Å²) in [4.78, 5) is 39.7. The first-order valence-corrected chi connectivity index (χ1v) is 10.1. The average Bonchev–Trinajstić information content (AvgIpc) is 3.03. The van der Waals surface area contributed by atoms with Gasteiger partial charge in [-0.25, -0.2) is 14.4 Å². The van der Waals surface area contributed by atoms with Crippen LogP contribution in [0.4, 0.5) is 5.69 Å². The average molecular weight is 434 g/mol. The predicted molar refractivity (Wildman–Crippen MR) is 115 cm³/mol. The van der Waals surface area contributed by atoms with Crippen LogP contribution in [0.2, 0.25) is 0 Å². The third-order valence-electron chi connectivity index (χ3n) is 5.42. The molecule has 0 amide bonds. The Balaban J connectivity index is 1.86. The fourth-order valence-electron chi connectivity index (χ4n) is 4.13. The van der Waals surface area contributed by atoms with Crippen LogP contribution < -0.4 is 11.1 Å². The molecule has 2 aromatic carbocycles. The maximum atomic E-state index is 13.4. The van der Waals surface area contributed by atoms with Gasteiger partial charge in [0, 0.05) is 11.3 Å². The molecule has 0 aliphatic carbocycles. The Hall–Kier alpha value is -4.07. The monoisotopic (exact) mass is 434 g/mol. The summed E-state index contributed by atoms with van der Waals surface area (Å²) in [6, 6.07) is 15.9. The zero-order valence-electron chi connectivity index (χ0n) is 17.6. The lowest BCUT2D eigenvalue weighted by Crippen LogP contribution is -2.47. The third-order valence-corrected chi connectivity index (χ3v) is 5.42. The maximum absolute atomic E-state index is 13.4. The molecule has 0 bridgehead atoms. The summed E-state index contributed by atoms with van der Waals surface area (Å²) >= 11 is 0. The number of benzene rings is 2. The van der Waals surface area contributed by atoms with Gasteiger partial charge in [0.15, 0.2) is 5.41 Å². The molecule has 3 N–H and O–H groups in total. The van der Waals surface area contributed by atoms with E-state index in [0.29, 0.717) is 11.3 Å². The molecule has 0 radical (unpaired) electrons. The first kappa shape index (κ1) is 21.2. The van der Waals surface area contributed by atoms with Crippen molar-refractivity contribution < 1.29 is 28.6 Å². The lowest BCUT2D eigenvalue weighted by Gasteiger charge is -2.35. The van der Waals surface area contributed by atoms with Crippen LogP contribution >= 0.6 is 0 Å². The second-order valence-electron chi connectivity index (χ2n) is 7.31. The molecule has 164 valence electrons. The molecular weight excluding hydrogens is 412 g/mol. The summed E-state index contributed by atoms with van der Waals surface area (Å²) in [7, 11) is 0. The van der Waals surface area contributed by atoms with Gasteiger partial charge in [0.1, 0.15) is 29.3 Å². The summed E-state index contributed by atoms with van der Waals surface area (Å²) in [5, 5.41) is 2.93. The minimum Gasteiger partial charge on any atom is -0.462 e. The van der Waals surface area contributed by atoms with Crippen LogP contribution in [0.15, 0.2) is 77.3 Å². The number of allylic oxidation sites excluding steroid dienone is 1. The van der Waals surface area contributed by atoms with E-state index in [1.807, 2.05) is 30.3 Å². The Labute approximate surface area is 184 Å². The molecule has 8 nitrogen and oxygen atoms in total. The van der Waals surface area contributed by atoms with E-state index < -0.39 is 23.3 Å². The van der Waals surface area contributed by atoms with Crippen LogP contribution in [-0.2, 0) is 40.6 Å². The molecule has 0 saturated carbocycles. The van der Waals surface area contributed by atoms with Crippen molar-refractivity contribution in [2.24, 2.45) is 5.73 Å². The van der Waals surface area contributed by atoms with Crippen molar-refractivity contribution in [1.82, 2.24) is 0 Å². The fourth-order valence-corrected chi connectivity index (χ4v) is 4.13. The minimum absolute atomic E-state index is 0.0193. The van der Waals surface area contributed by atoms with Gasteiger partial charge in [-0.2, -0.15) is 0 Å². The lowest BCUT2D eigenvalue weighted by atomic mass is 9.67. The number of carbonyl (C=O) groups excluding carboxylic acids is 3. The van der Waals surface area contributed by atoms with Gasteiger partial charge in [0.25, 0.3) is 0 Å². The molecule has 1 spiro atoms. The van der Waals surface area contributed by atoms with E-state index in [0.717, 1.165) is 5.56 Å².